The molecule has 0 radical (unpaired) electrons. The van der Waals surface area contributed by atoms with E-state index >= 15 is 0 Å². The van der Waals surface area contributed by atoms with Gasteiger partial charge in [-0.2, -0.15) is 0 Å². The lowest BCUT2D eigenvalue weighted by Gasteiger charge is -2.00. The molecule has 0 saturated carbocycles. The van der Waals surface area contributed by atoms with Gasteiger partial charge in [-0.3, -0.25) is 0 Å². The summed E-state index contributed by atoms with van der Waals surface area (Å²) in [6.45, 7) is 0. The minimum Gasteiger partial charge on any atom is -0.248 e. The molecule has 0 spiro atoms. The van der Waals surface area contributed by atoms with Crippen molar-refractivity contribution in [1.82, 2.24) is 4.98 Å². The number of hydrogen-bond donors (Lipinski definition) is 0. The molecular weight excluding hydrogens is 182 g/mol. The van der Waals surface area contributed by atoms with Gasteiger partial charge < -0.3 is 0 Å². The van der Waals surface area contributed by atoms with Gasteiger partial charge in [0.2, 0.25) is 0 Å². The van der Waals surface area contributed by atoms with Gasteiger partial charge >= 0.3 is 0 Å². The Morgan fingerprint density at radius 3 is 2.70 bits per heavy atom. The summed E-state index contributed by atoms with van der Waals surface area (Å²) in [6.07, 6.45) is 1.86. The lowest BCUT2D eigenvalue weighted by atomic mass is 10.8. The van der Waals surface area contributed by atoms with Crippen LogP contribution in [-0.4, -0.2) is 4.98 Å². The molecule has 0 N–H and O–H groups in total. The largest absolute Gasteiger partial charge is 0.248 e. The third kappa shape index (κ3) is 1.24. The van der Waals surface area contributed by atoms with Crippen molar-refractivity contribution in [3.63, 3.8) is 0 Å². The molecule has 0 fully saturated rings. The van der Waals surface area contributed by atoms with Gasteiger partial charge in [0.25, 0.3) is 0 Å². The van der Waals surface area contributed by atoms with Gasteiger partial charge in [-0.15, -0.1) is 34.9 Å². The predicted octanol–water partition coefficient (Wildman–Crippen LogP) is 3.09. The van der Waals surface area contributed by atoms with Crippen molar-refractivity contribution >= 4 is 34.9 Å². The zero-order valence-corrected chi connectivity index (χ0v) is 7.51. The van der Waals surface area contributed by atoms with Crippen LogP contribution in [0.25, 0.3) is 0 Å². The Morgan fingerprint density at radius 2 is 2.10 bits per heavy atom. The van der Waals surface area contributed by atoms with Crippen LogP contribution in [0.4, 0.5) is 0 Å². The highest BCUT2D eigenvalue weighted by atomic mass is 32.2. The van der Waals surface area contributed by atoms with E-state index in [1.54, 1.807) is 11.3 Å². The molecule has 0 bridgehead atoms. The van der Waals surface area contributed by atoms with Crippen molar-refractivity contribution in [1.29, 1.82) is 0 Å². The standard InChI is InChI=1S/C6H5NS3/c1-2-8-5(7-1)6-9-3-4-10-6/h1-4,6H. The second-order valence-corrected chi connectivity index (χ2v) is 5.00. The summed E-state index contributed by atoms with van der Waals surface area (Å²) >= 11 is 5.39. The van der Waals surface area contributed by atoms with Crippen LogP contribution in [0.5, 0.6) is 0 Å². The van der Waals surface area contributed by atoms with Crippen molar-refractivity contribution in [3.8, 4) is 0 Å². The van der Waals surface area contributed by atoms with Crippen molar-refractivity contribution in [3.05, 3.63) is 27.4 Å². The molecule has 0 saturated heterocycles. The van der Waals surface area contributed by atoms with Crippen LogP contribution in [0, 0.1) is 0 Å². The third-order valence-electron chi connectivity index (χ3n) is 1.11. The second kappa shape index (κ2) is 2.98. The highest BCUT2D eigenvalue weighted by Crippen LogP contribution is 2.46. The first-order valence-corrected chi connectivity index (χ1v) is 5.59. The van der Waals surface area contributed by atoms with E-state index in [1.807, 2.05) is 35.1 Å². The van der Waals surface area contributed by atoms with Gasteiger partial charge in [0, 0.05) is 11.6 Å². The Labute approximate surface area is 71.9 Å². The molecule has 1 aliphatic heterocycles. The highest BCUT2D eigenvalue weighted by molar-refractivity contribution is 8.21. The predicted molar refractivity (Wildman–Crippen MR) is 49.2 cm³/mol. The fourth-order valence-electron chi connectivity index (χ4n) is 0.706. The average Bonchev–Trinajstić information content (AvgIpc) is 2.59. The van der Waals surface area contributed by atoms with Gasteiger partial charge in [-0.05, 0) is 10.8 Å². The van der Waals surface area contributed by atoms with Crippen LogP contribution in [0.2, 0.25) is 0 Å². The normalized spacial score (nSPS) is 18.4. The van der Waals surface area contributed by atoms with Crippen molar-refractivity contribution < 1.29 is 0 Å². The Bertz CT molecular complexity index is 221. The molecule has 2 heterocycles. The maximum atomic E-state index is 4.24. The van der Waals surface area contributed by atoms with Crippen molar-refractivity contribution in [2.24, 2.45) is 0 Å². The summed E-state index contributed by atoms with van der Waals surface area (Å²) in [5, 5.41) is 7.49. The smallest absolute Gasteiger partial charge is 0.116 e. The number of thiazole rings is 1. The average molecular weight is 187 g/mol. The van der Waals surface area contributed by atoms with Gasteiger partial charge in [0.05, 0.1) is 0 Å². The summed E-state index contributed by atoms with van der Waals surface area (Å²) in [5.74, 6) is 0. The fourth-order valence-corrected chi connectivity index (χ4v) is 3.66. The quantitative estimate of drug-likeness (QED) is 0.670. The first kappa shape index (κ1) is 6.76. The van der Waals surface area contributed by atoms with E-state index in [0.717, 1.165) is 0 Å². The SMILES string of the molecule is C1=CSC(c2nccs2)S1. The van der Waals surface area contributed by atoms with Gasteiger partial charge in [0.15, 0.2) is 0 Å². The van der Waals surface area contributed by atoms with Crippen LogP contribution in [0.3, 0.4) is 0 Å². The second-order valence-electron chi connectivity index (χ2n) is 1.75. The number of thioether (sulfide) groups is 2. The topological polar surface area (TPSA) is 12.9 Å². The first-order valence-electron chi connectivity index (χ1n) is 2.82. The summed E-state index contributed by atoms with van der Waals surface area (Å²) in [5.41, 5.74) is 0. The summed E-state index contributed by atoms with van der Waals surface area (Å²) < 4.78 is 0.528. The molecule has 0 aliphatic carbocycles. The Kier molecular flexibility index (Phi) is 2.02. The lowest BCUT2D eigenvalue weighted by Crippen LogP contribution is -1.79. The molecule has 2 rings (SSSR count). The number of hydrogen-bond acceptors (Lipinski definition) is 4. The summed E-state index contributed by atoms with van der Waals surface area (Å²) in [4.78, 5) is 4.24. The molecule has 1 aromatic rings. The first-order chi connectivity index (χ1) is 4.97. The third-order valence-corrected chi connectivity index (χ3v) is 4.62. The minimum absolute atomic E-state index is 0.528. The number of nitrogens with zero attached hydrogens (tertiary/aromatic N) is 1. The van der Waals surface area contributed by atoms with Gasteiger partial charge in [0.1, 0.15) is 9.59 Å². The zero-order chi connectivity index (χ0) is 6.81. The van der Waals surface area contributed by atoms with E-state index < -0.39 is 0 Å². The van der Waals surface area contributed by atoms with Crippen LogP contribution >= 0.6 is 34.9 Å². The van der Waals surface area contributed by atoms with Gasteiger partial charge in [-0.25, -0.2) is 4.98 Å². The van der Waals surface area contributed by atoms with E-state index in [4.69, 9.17) is 0 Å². The van der Waals surface area contributed by atoms with Crippen LogP contribution in [0.15, 0.2) is 22.4 Å². The van der Waals surface area contributed by atoms with E-state index in [-0.39, 0.29) is 0 Å². The van der Waals surface area contributed by atoms with E-state index in [9.17, 15) is 0 Å². The molecule has 4 heteroatoms. The summed E-state index contributed by atoms with van der Waals surface area (Å²) in [7, 11) is 0. The van der Waals surface area contributed by atoms with Crippen LogP contribution in [-0.2, 0) is 0 Å². The molecule has 0 amide bonds. The molecule has 0 unspecified atom stereocenters. The lowest BCUT2D eigenvalue weighted by molar-refractivity contribution is 1.26. The summed E-state index contributed by atoms with van der Waals surface area (Å²) in [6, 6.07) is 0. The molecule has 52 valence electrons. The number of aromatic nitrogens is 1. The Balaban J connectivity index is 2.14. The Morgan fingerprint density at radius 1 is 1.30 bits per heavy atom. The van der Waals surface area contributed by atoms with E-state index in [2.05, 4.69) is 15.8 Å². The van der Waals surface area contributed by atoms with Crippen LogP contribution in [0.1, 0.15) is 9.59 Å². The number of rotatable bonds is 1. The van der Waals surface area contributed by atoms with E-state index in [1.165, 1.54) is 5.01 Å². The molecular formula is C6H5NS3. The highest BCUT2D eigenvalue weighted by Gasteiger charge is 2.15. The van der Waals surface area contributed by atoms with Crippen molar-refractivity contribution in [2.45, 2.75) is 4.58 Å². The molecule has 1 nitrogen and oxygen atoms in total. The molecule has 0 atom stereocenters. The van der Waals surface area contributed by atoms with Crippen molar-refractivity contribution in [2.75, 3.05) is 0 Å². The molecule has 10 heavy (non-hydrogen) atoms. The molecule has 1 aromatic heterocycles. The van der Waals surface area contributed by atoms with E-state index in [0.29, 0.717) is 4.58 Å². The van der Waals surface area contributed by atoms with Gasteiger partial charge in [-0.1, -0.05) is 0 Å². The minimum atomic E-state index is 0.528. The molecule has 1 aliphatic rings. The Hall–Kier alpha value is 0.0700. The van der Waals surface area contributed by atoms with Crippen LogP contribution < -0.4 is 0 Å². The molecule has 0 aromatic carbocycles. The fraction of sp³-hybridized carbons (Fsp3) is 0.167. The zero-order valence-electron chi connectivity index (χ0n) is 5.06. The monoisotopic (exact) mass is 187 g/mol. The maximum absolute atomic E-state index is 4.24. The maximum Gasteiger partial charge on any atom is 0.116 e.